The highest BCUT2D eigenvalue weighted by Crippen LogP contribution is 2.18. The van der Waals surface area contributed by atoms with Crippen LogP contribution in [0, 0.1) is 11.8 Å². The number of thioether (sulfide) groups is 1. The largest absolute Gasteiger partial charge is 0.287 e. The van der Waals surface area contributed by atoms with Gasteiger partial charge in [0.1, 0.15) is 0 Å². The second-order valence-electron chi connectivity index (χ2n) is 4.44. The van der Waals surface area contributed by atoms with Crippen LogP contribution in [0.3, 0.4) is 0 Å². The molecule has 14 heavy (non-hydrogen) atoms. The molecule has 2 heteroatoms. The fraction of sp³-hybridized carbons (Fsp3) is 0.917. The summed E-state index contributed by atoms with van der Waals surface area (Å²) in [6.45, 7) is 8.73. The lowest BCUT2D eigenvalue weighted by Crippen LogP contribution is -2.03. The molecule has 84 valence electrons. The molecule has 0 heterocycles. The summed E-state index contributed by atoms with van der Waals surface area (Å²) in [4.78, 5) is 11.3. The highest BCUT2D eigenvalue weighted by molar-refractivity contribution is 8.13. The van der Waals surface area contributed by atoms with Crippen molar-refractivity contribution in [2.24, 2.45) is 11.8 Å². The predicted molar refractivity (Wildman–Crippen MR) is 65.6 cm³/mol. The Balaban J connectivity index is 3.44. The molecule has 0 aromatic heterocycles. The van der Waals surface area contributed by atoms with Crippen LogP contribution in [0.4, 0.5) is 0 Å². The van der Waals surface area contributed by atoms with Gasteiger partial charge in [-0.2, -0.15) is 0 Å². The van der Waals surface area contributed by atoms with Crippen molar-refractivity contribution in [3.05, 3.63) is 0 Å². The van der Waals surface area contributed by atoms with Gasteiger partial charge in [0.05, 0.1) is 0 Å². The minimum absolute atomic E-state index is 0.365. The lowest BCUT2D eigenvalue weighted by atomic mass is 9.98. The normalized spacial score (nSPS) is 13.2. The van der Waals surface area contributed by atoms with Crippen LogP contribution in [0.25, 0.3) is 0 Å². The summed E-state index contributed by atoms with van der Waals surface area (Å²) in [7, 11) is 0. The first-order valence-corrected chi connectivity index (χ1v) is 6.70. The Bertz CT molecular complexity index is 154. The van der Waals surface area contributed by atoms with Gasteiger partial charge in [-0.1, -0.05) is 58.7 Å². The Labute approximate surface area is 93.0 Å². The van der Waals surface area contributed by atoms with Crippen molar-refractivity contribution in [3.63, 3.8) is 0 Å². The van der Waals surface area contributed by atoms with E-state index in [0.29, 0.717) is 11.0 Å². The van der Waals surface area contributed by atoms with Gasteiger partial charge in [-0.15, -0.1) is 0 Å². The maximum atomic E-state index is 11.3. The van der Waals surface area contributed by atoms with Crippen LogP contribution in [-0.4, -0.2) is 10.9 Å². The van der Waals surface area contributed by atoms with E-state index in [1.54, 1.807) is 0 Å². The molecular weight excluding hydrogens is 192 g/mol. The first-order chi connectivity index (χ1) is 6.56. The van der Waals surface area contributed by atoms with Crippen LogP contribution in [0.1, 0.15) is 53.4 Å². The van der Waals surface area contributed by atoms with Gasteiger partial charge in [0.25, 0.3) is 0 Å². The van der Waals surface area contributed by atoms with Gasteiger partial charge < -0.3 is 0 Å². The first-order valence-electron chi connectivity index (χ1n) is 5.71. The monoisotopic (exact) mass is 216 g/mol. The zero-order valence-electron chi connectivity index (χ0n) is 10.0. The molecule has 0 fully saturated rings. The van der Waals surface area contributed by atoms with Crippen LogP contribution in [0.5, 0.6) is 0 Å². The molecular formula is C12H24OS. The quantitative estimate of drug-likeness (QED) is 0.637. The van der Waals surface area contributed by atoms with Crippen molar-refractivity contribution in [1.82, 2.24) is 0 Å². The second kappa shape index (κ2) is 8.34. The average molecular weight is 216 g/mol. The Morgan fingerprint density at radius 1 is 1.21 bits per heavy atom. The Morgan fingerprint density at radius 3 is 2.36 bits per heavy atom. The van der Waals surface area contributed by atoms with Crippen molar-refractivity contribution in [2.75, 3.05) is 5.75 Å². The summed E-state index contributed by atoms with van der Waals surface area (Å²) in [5.41, 5.74) is 0. The molecule has 0 radical (unpaired) electrons. The van der Waals surface area contributed by atoms with Crippen LogP contribution in [-0.2, 0) is 4.79 Å². The Kier molecular flexibility index (Phi) is 8.35. The van der Waals surface area contributed by atoms with E-state index in [0.717, 1.165) is 18.1 Å². The van der Waals surface area contributed by atoms with Crippen LogP contribution in [0.2, 0.25) is 0 Å². The summed E-state index contributed by atoms with van der Waals surface area (Å²) < 4.78 is 0. The van der Waals surface area contributed by atoms with E-state index in [1.807, 2.05) is 6.92 Å². The molecule has 1 atom stereocenters. The highest BCUT2D eigenvalue weighted by Gasteiger charge is 2.08. The third-order valence-corrected chi connectivity index (χ3v) is 3.08. The number of carbonyl (C=O) groups is 1. The predicted octanol–water partition coefficient (Wildman–Crippen LogP) is 4.12. The number of hydrogen-bond acceptors (Lipinski definition) is 2. The number of carbonyl (C=O) groups excluding carboxylic acids is 1. The fourth-order valence-corrected chi connectivity index (χ4v) is 2.21. The molecule has 0 amide bonds. The van der Waals surface area contributed by atoms with Gasteiger partial charge in [0, 0.05) is 6.42 Å². The zero-order valence-corrected chi connectivity index (χ0v) is 10.8. The topological polar surface area (TPSA) is 17.1 Å². The molecule has 0 aromatic rings. The lowest BCUT2D eigenvalue weighted by molar-refractivity contribution is -0.111. The van der Waals surface area contributed by atoms with Gasteiger partial charge in [-0.3, -0.25) is 4.79 Å². The molecule has 0 spiro atoms. The van der Waals surface area contributed by atoms with E-state index in [1.165, 1.54) is 31.0 Å². The van der Waals surface area contributed by atoms with E-state index in [2.05, 4.69) is 20.8 Å². The van der Waals surface area contributed by atoms with Crippen molar-refractivity contribution in [2.45, 2.75) is 53.4 Å². The molecule has 0 aliphatic rings. The molecule has 0 aliphatic heterocycles. The first kappa shape index (κ1) is 14.0. The summed E-state index contributed by atoms with van der Waals surface area (Å²) in [6, 6.07) is 0. The van der Waals surface area contributed by atoms with E-state index < -0.39 is 0 Å². The third kappa shape index (κ3) is 8.61. The van der Waals surface area contributed by atoms with Crippen LogP contribution in [0.15, 0.2) is 0 Å². The summed E-state index contributed by atoms with van der Waals surface area (Å²) in [6.07, 6.45) is 4.52. The minimum Gasteiger partial charge on any atom is -0.287 e. The van der Waals surface area contributed by atoms with Crippen molar-refractivity contribution in [1.29, 1.82) is 0 Å². The molecule has 0 saturated heterocycles. The van der Waals surface area contributed by atoms with E-state index in [-0.39, 0.29) is 0 Å². The zero-order chi connectivity index (χ0) is 11.0. The summed E-state index contributed by atoms with van der Waals surface area (Å²) >= 11 is 1.46. The van der Waals surface area contributed by atoms with Crippen LogP contribution < -0.4 is 0 Å². The highest BCUT2D eigenvalue weighted by atomic mass is 32.2. The molecule has 0 rings (SSSR count). The molecule has 0 N–H and O–H groups in total. The van der Waals surface area contributed by atoms with Crippen molar-refractivity contribution in [3.8, 4) is 0 Å². The van der Waals surface area contributed by atoms with Gasteiger partial charge in [0.15, 0.2) is 5.12 Å². The number of hydrogen-bond donors (Lipinski definition) is 0. The van der Waals surface area contributed by atoms with E-state index in [9.17, 15) is 4.79 Å². The Morgan fingerprint density at radius 2 is 1.86 bits per heavy atom. The Hall–Kier alpha value is 0.0200. The van der Waals surface area contributed by atoms with E-state index >= 15 is 0 Å². The van der Waals surface area contributed by atoms with Crippen LogP contribution >= 0.6 is 11.8 Å². The third-order valence-electron chi connectivity index (χ3n) is 2.30. The summed E-state index contributed by atoms with van der Waals surface area (Å²) in [5, 5.41) is 0.365. The van der Waals surface area contributed by atoms with Crippen molar-refractivity contribution < 1.29 is 4.79 Å². The van der Waals surface area contributed by atoms with Crippen molar-refractivity contribution >= 4 is 16.9 Å². The second-order valence-corrected chi connectivity index (χ2v) is 5.76. The van der Waals surface area contributed by atoms with Gasteiger partial charge in [-0.25, -0.2) is 0 Å². The summed E-state index contributed by atoms with van der Waals surface area (Å²) in [5.74, 6) is 2.28. The fourth-order valence-electron chi connectivity index (χ4n) is 1.48. The molecule has 0 bridgehead atoms. The molecule has 0 aromatic carbocycles. The molecule has 1 nitrogen and oxygen atoms in total. The molecule has 1 unspecified atom stereocenters. The maximum Gasteiger partial charge on any atom is 0.189 e. The SMILES string of the molecule is CCSC(=O)CC(C)CCCC(C)C. The van der Waals surface area contributed by atoms with Gasteiger partial charge in [-0.05, 0) is 17.6 Å². The minimum atomic E-state index is 0.365. The maximum absolute atomic E-state index is 11.3. The van der Waals surface area contributed by atoms with Gasteiger partial charge in [0.2, 0.25) is 0 Å². The smallest absolute Gasteiger partial charge is 0.189 e. The molecule has 0 aliphatic carbocycles. The van der Waals surface area contributed by atoms with E-state index in [4.69, 9.17) is 0 Å². The lowest BCUT2D eigenvalue weighted by Gasteiger charge is -2.10. The average Bonchev–Trinajstić information content (AvgIpc) is 2.03. The van der Waals surface area contributed by atoms with Gasteiger partial charge >= 0.3 is 0 Å². The number of rotatable bonds is 7. The molecule has 0 saturated carbocycles. The standard InChI is InChI=1S/C12H24OS/c1-5-14-12(13)9-11(4)8-6-7-10(2)3/h10-11H,5-9H2,1-4H3.